The number of hydrogen-bond donors (Lipinski definition) is 0. The molecule has 0 fully saturated rings. The molecule has 6 aliphatic rings. The lowest BCUT2D eigenvalue weighted by molar-refractivity contribution is 0.467. The average Bonchev–Trinajstić information content (AvgIpc) is 3.85. The number of nitrogens with zero attached hydrogens (tertiary/aromatic N) is 2. The minimum Gasteiger partial charge on any atom is -0.458 e. The maximum Gasteiger partial charge on any atom is 0.273 e. The summed E-state index contributed by atoms with van der Waals surface area (Å²) in [6, 6.07) is 40.4. The molecule has 0 spiro atoms. The van der Waals surface area contributed by atoms with Crippen LogP contribution in [0.5, 0.6) is 46.0 Å². The highest BCUT2D eigenvalue weighted by Crippen LogP contribution is 2.48. The Balaban J connectivity index is 1.01. The van der Waals surface area contributed by atoms with Gasteiger partial charge in [-0.05, 0) is 149 Å². The van der Waals surface area contributed by atoms with E-state index < -0.39 is 0 Å². The van der Waals surface area contributed by atoms with Gasteiger partial charge in [0.1, 0.15) is 46.0 Å². The van der Waals surface area contributed by atoms with Crippen molar-refractivity contribution in [3.05, 3.63) is 126 Å². The Morgan fingerprint density at radius 3 is 1.30 bits per heavy atom. The minimum absolute atomic E-state index is 0.0443. The van der Waals surface area contributed by atoms with Gasteiger partial charge in [0, 0.05) is 65.3 Å². The second kappa shape index (κ2) is 12.7. The zero-order valence-corrected chi connectivity index (χ0v) is 38.6. The number of aryl methyl sites for hydroxylation is 3. The molecule has 0 saturated carbocycles. The highest BCUT2D eigenvalue weighted by atomic mass is 32.2. The van der Waals surface area contributed by atoms with Crippen molar-refractivity contribution in [1.29, 1.82) is 0 Å². The first-order valence-electron chi connectivity index (χ1n) is 21.6. The zero-order chi connectivity index (χ0) is 42.4. The predicted octanol–water partition coefficient (Wildman–Crippen LogP) is 8.47. The van der Waals surface area contributed by atoms with Crippen LogP contribution in [0.15, 0.2) is 109 Å². The van der Waals surface area contributed by atoms with Gasteiger partial charge in [0.25, 0.3) is 20.1 Å². The van der Waals surface area contributed by atoms with Crippen molar-refractivity contribution < 1.29 is 18.9 Å². The van der Waals surface area contributed by atoms with Crippen LogP contribution in [0.4, 0.5) is 22.7 Å². The van der Waals surface area contributed by atoms with E-state index in [0.717, 1.165) is 90.2 Å². The Labute approximate surface area is 387 Å². The van der Waals surface area contributed by atoms with Crippen molar-refractivity contribution in [3.8, 4) is 46.0 Å². The molecule has 6 nitrogen and oxygen atoms in total. The number of thiophene rings is 2. The smallest absolute Gasteiger partial charge is 0.273 e. The molecule has 2 aromatic heterocycles. The number of benzene rings is 7. The number of anilines is 4. The van der Waals surface area contributed by atoms with Gasteiger partial charge in [0.15, 0.2) is 0 Å². The third-order valence-electron chi connectivity index (χ3n) is 14.0. The molecule has 0 aliphatic carbocycles. The molecule has 304 valence electrons. The van der Waals surface area contributed by atoms with Crippen LogP contribution in [-0.4, -0.2) is 32.6 Å². The third-order valence-corrected chi connectivity index (χ3v) is 17.9. The van der Waals surface area contributed by atoms with Crippen LogP contribution < -0.4 is 75.4 Å². The quantitative estimate of drug-likeness (QED) is 0.127. The van der Waals surface area contributed by atoms with Gasteiger partial charge in [-0.3, -0.25) is 8.61 Å². The summed E-state index contributed by atoms with van der Waals surface area (Å²) < 4.78 is 37.6. The second-order valence-electron chi connectivity index (χ2n) is 17.7. The molecule has 0 unspecified atom stereocenters. The van der Waals surface area contributed by atoms with Crippen molar-refractivity contribution in [2.75, 3.05) is 21.1 Å². The first kappa shape index (κ1) is 36.5. The van der Waals surface area contributed by atoms with E-state index >= 15 is 0 Å². The molecule has 64 heavy (non-hydrogen) atoms. The van der Waals surface area contributed by atoms with E-state index in [1.54, 1.807) is 23.9 Å². The van der Waals surface area contributed by atoms with Crippen LogP contribution in [0, 0.1) is 20.8 Å². The zero-order valence-electron chi connectivity index (χ0n) is 35.3. The number of rotatable bonds is 2. The Bertz CT molecular complexity index is 3430. The fraction of sp³-hybridized carbons (Fsp3) is 0.0980. The summed E-state index contributed by atoms with van der Waals surface area (Å²) in [5.41, 5.74) is 16.6. The molecule has 6 aliphatic heterocycles. The van der Waals surface area contributed by atoms with E-state index in [1.807, 2.05) is 22.7 Å². The fourth-order valence-corrected chi connectivity index (χ4v) is 15.5. The summed E-state index contributed by atoms with van der Waals surface area (Å²) in [6.45, 7) is 6.31. The summed E-state index contributed by atoms with van der Waals surface area (Å²) in [4.78, 5) is 0. The molecular weight excluding hydrogens is 865 g/mol. The summed E-state index contributed by atoms with van der Waals surface area (Å²) in [7, 11) is 0. The molecule has 13 heteroatoms. The molecule has 0 bridgehead atoms. The first-order valence-corrected chi connectivity index (χ1v) is 25.5. The molecule has 8 heterocycles. The monoisotopic (exact) mass is 898 g/mol. The van der Waals surface area contributed by atoms with Crippen molar-refractivity contribution in [1.82, 2.24) is 0 Å². The summed E-state index contributed by atoms with van der Waals surface area (Å²) in [5.74, 6) is 7.23. The van der Waals surface area contributed by atoms with Crippen LogP contribution in [0.25, 0.3) is 20.2 Å². The van der Waals surface area contributed by atoms with Gasteiger partial charge in [0.2, 0.25) is 0 Å². The summed E-state index contributed by atoms with van der Waals surface area (Å²) in [6.07, 6.45) is 4.38. The maximum atomic E-state index is 7.05. The minimum atomic E-state index is -0.0702. The lowest BCUT2D eigenvalue weighted by Gasteiger charge is -2.44. The van der Waals surface area contributed by atoms with E-state index in [0.29, 0.717) is 0 Å². The topological polar surface area (TPSA) is 43.4 Å². The molecule has 0 atom stereocenters. The number of fused-ring (bicyclic) bond motifs is 16. The molecule has 0 N–H and O–H groups in total. The molecule has 7 aromatic carbocycles. The molecule has 0 radical (unpaired) electrons. The van der Waals surface area contributed by atoms with Crippen LogP contribution >= 0.6 is 46.6 Å². The highest BCUT2D eigenvalue weighted by molar-refractivity contribution is 8.00. The summed E-state index contributed by atoms with van der Waals surface area (Å²) >= 11 is 7.18. The SMILES string of the molecule is CSN1c2cc3c(cc2B2c4cc5c(cc4N(SC)c4cc(C)cc1c42)Oc1cc(C)cc2c1B5c1sc4ccccc4c1O2)B1c2sc4ccccc4c2Oc2cc(C)cc(c21)O3. The van der Waals surface area contributed by atoms with E-state index in [4.69, 9.17) is 18.9 Å². The molecule has 0 amide bonds. The fourth-order valence-electron chi connectivity index (χ4n) is 11.5. The van der Waals surface area contributed by atoms with Crippen molar-refractivity contribution in [3.63, 3.8) is 0 Å². The molecule has 0 saturated heterocycles. The van der Waals surface area contributed by atoms with Gasteiger partial charge < -0.3 is 18.9 Å². The van der Waals surface area contributed by atoms with Crippen LogP contribution in [0.2, 0.25) is 0 Å². The van der Waals surface area contributed by atoms with E-state index in [-0.39, 0.29) is 20.1 Å². The van der Waals surface area contributed by atoms with Crippen molar-refractivity contribution in [2.45, 2.75) is 20.8 Å². The Kier molecular flexibility index (Phi) is 7.24. The van der Waals surface area contributed by atoms with Gasteiger partial charge in [0.05, 0.1) is 22.7 Å². The van der Waals surface area contributed by atoms with Gasteiger partial charge in [-0.2, -0.15) is 0 Å². The molecular formula is C51H33B3N2O4S4. The van der Waals surface area contributed by atoms with E-state index in [1.165, 1.54) is 63.2 Å². The Hall–Kier alpha value is -5.85. The van der Waals surface area contributed by atoms with Crippen LogP contribution in [0.1, 0.15) is 16.7 Å². The largest absolute Gasteiger partial charge is 0.458 e. The lowest BCUT2D eigenvalue weighted by atomic mass is 9.30. The van der Waals surface area contributed by atoms with Crippen LogP contribution in [0.3, 0.4) is 0 Å². The Morgan fingerprint density at radius 2 is 0.844 bits per heavy atom. The second-order valence-corrected chi connectivity index (χ2v) is 21.3. The van der Waals surface area contributed by atoms with Gasteiger partial charge in [-0.15, -0.1) is 22.7 Å². The van der Waals surface area contributed by atoms with Gasteiger partial charge >= 0.3 is 0 Å². The molecule has 15 rings (SSSR count). The first-order chi connectivity index (χ1) is 31.3. The van der Waals surface area contributed by atoms with Gasteiger partial charge in [-0.1, -0.05) is 36.4 Å². The van der Waals surface area contributed by atoms with Crippen LogP contribution in [-0.2, 0) is 0 Å². The molecule has 9 aromatic rings. The van der Waals surface area contributed by atoms with Crippen molar-refractivity contribution in [2.24, 2.45) is 0 Å². The van der Waals surface area contributed by atoms with E-state index in [2.05, 4.69) is 151 Å². The number of hydrogen-bond acceptors (Lipinski definition) is 10. The predicted molar refractivity (Wildman–Crippen MR) is 276 cm³/mol. The highest BCUT2D eigenvalue weighted by Gasteiger charge is 2.49. The van der Waals surface area contributed by atoms with E-state index in [9.17, 15) is 0 Å². The summed E-state index contributed by atoms with van der Waals surface area (Å²) in [5, 5.41) is 2.31. The Morgan fingerprint density at radius 1 is 0.422 bits per heavy atom. The lowest BCUT2D eigenvalue weighted by Crippen LogP contribution is -2.65. The third kappa shape index (κ3) is 4.63. The van der Waals surface area contributed by atoms with Crippen molar-refractivity contribution >= 4 is 157 Å². The maximum absolute atomic E-state index is 7.05. The standard InChI is InChI=1S/C51H33B3N2O4S4/c1-24-14-35-45-36(15-24)56(62-5)34-23-38-32(54-47-40(58-38)17-26(3)19-42(47)60-49-28-11-7-9-13-44(28)64-51(49)54)21-30(34)52(45)29-20-31-37(22-33(29)55(35)61-4)57-39-16-25(2)18-41-46(39)53(31)50-48(59-41)27-10-6-8-12-43(27)63-50/h6-23H,1-5H3. The van der Waals surface area contributed by atoms with Gasteiger partial charge in [-0.25, -0.2) is 0 Å². The normalized spacial score (nSPS) is 14.8. The number of ether oxygens (including phenoxy) is 4. The average molecular weight is 899 g/mol.